The highest BCUT2D eigenvalue weighted by molar-refractivity contribution is 6.03. The Balaban J connectivity index is 1.67. The molecule has 0 aliphatic heterocycles. The molecule has 0 heterocycles. The summed E-state index contributed by atoms with van der Waals surface area (Å²) in [5, 5.41) is 21.7. The molecule has 0 radical (unpaired) electrons. The Morgan fingerprint density at radius 3 is 1.39 bits per heavy atom. The summed E-state index contributed by atoms with van der Waals surface area (Å²) in [6.45, 7) is 3.50. The molecule has 4 aromatic rings. The monoisotopic (exact) mass is 616 g/mol. The van der Waals surface area contributed by atoms with E-state index in [4.69, 9.17) is 22.9 Å². The Morgan fingerprint density at radius 2 is 0.913 bits per heavy atom. The molecule has 1 unspecified atom stereocenters. The van der Waals surface area contributed by atoms with E-state index < -0.39 is 12.1 Å². The minimum Gasteiger partial charge on any atom is -0.369 e. The fourth-order valence-electron chi connectivity index (χ4n) is 4.62. The molecule has 4 rings (SSSR count). The minimum atomic E-state index is -0.645. The number of hydrogen-bond donors (Lipinski definition) is 6. The molecule has 0 saturated heterocycles. The molecule has 0 bridgehead atoms. The molecule has 10 N–H and O–H groups in total. The number of hydrogen-bond acceptors (Lipinski definition) is 6. The third-order valence-electron chi connectivity index (χ3n) is 6.96. The molecule has 0 aromatic heterocycles. The summed E-state index contributed by atoms with van der Waals surface area (Å²) < 4.78 is 0. The van der Waals surface area contributed by atoms with Gasteiger partial charge in [-0.2, -0.15) is 10.2 Å². The van der Waals surface area contributed by atoms with E-state index in [1.807, 2.05) is 60.7 Å². The van der Waals surface area contributed by atoms with Crippen LogP contribution in [0.15, 0.2) is 130 Å². The molecule has 12 heteroatoms. The summed E-state index contributed by atoms with van der Waals surface area (Å²) in [6.07, 6.45) is 0. The molecule has 0 fully saturated rings. The molecule has 0 spiro atoms. The topological polar surface area (TPSA) is 212 Å². The highest BCUT2D eigenvalue weighted by Gasteiger charge is 2.29. The maximum atomic E-state index is 13.8. The number of nitrogens with one attached hydrogen (secondary N) is 2. The summed E-state index contributed by atoms with van der Waals surface area (Å²) in [6, 6.07) is 31.5. The van der Waals surface area contributed by atoms with Gasteiger partial charge in [-0.05, 0) is 60.4 Å². The predicted octanol–water partition coefficient (Wildman–Crippen LogP) is 3.32. The van der Waals surface area contributed by atoms with E-state index in [1.165, 1.54) is 0 Å². The number of guanidine groups is 2. The van der Waals surface area contributed by atoms with Crippen molar-refractivity contribution in [2.45, 2.75) is 25.9 Å². The van der Waals surface area contributed by atoms with Crippen LogP contribution in [0, 0.1) is 0 Å². The van der Waals surface area contributed by atoms with Crippen molar-refractivity contribution in [2.75, 3.05) is 0 Å². The van der Waals surface area contributed by atoms with Crippen molar-refractivity contribution < 1.29 is 9.59 Å². The van der Waals surface area contributed by atoms with Crippen LogP contribution < -0.4 is 33.6 Å². The van der Waals surface area contributed by atoms with Gasteiger partial charge >= 0.3 is 0 Å². The molecule has 234 valence electrons. The first-order chi connectivity index (χ1) is 22.1. The van der Waals surface area contributed by atoms with Gasteiger partial charge in [0.2, 0.25) is 11.9 Å². The molecular formula is C34H36N10O2. The zero-order valence-electron chi connectivity index (χ0n) is 25.5. The van der Waals surface area contributed by atoms with Crippen LogP contribution in [0.3, 0.4) is 0 Å². The zero-order valence-corrected chi connectivity index (χ0v) is 25.5. The Morgan fingerprint density at radius 1 is 0.500 bits per heavy atom. The van der Waals surface area contributed by atoms with Gasteiger partial charge in [0.1, 0.15) is 0 Å². The predicted molar refractivity (Wildman–Crippen MR) is 182 cm³/mol. The van der Waals surface area contributed by atoms with E-state index in [2.05, 4.69) is 31.0 Å². The average molecular weight is 617 g/mol. The van der Waals surface area contributed by atoms with Crippen molar-refractivity contribution in [2.24, 2.45) is 43.3 Å². The summed E-state index contributed by atoms with van der Waals surface area (Å²) >= 11 is 0. The number of carbonyl (C=O) groups excluding carboxylic acids is 2. The van der Waals surface area contributed by atoms with E-state index in [1.54, 1.807) is 62.4 Å². The van der Waals surface area contributed by atoms with Crippen molar-refractivity contribution in [3.8, 4) is 0 Å². The summed E-state index contributed by atoms with van der Waals surface area (Å²) in [5.41, 5.74) is 26.5. The molecule has 46 heavy (non-hydrogen) atoms. The number of nitrogens with zero attached hydrogens (tertiary/aromatic N) is 4. The Bertz CT molecular complexity index is 1780. The first-order valence-electron chi connectivity index (χ1n) is 14.3. The van der Waals surface area contributed by atoms with Gasteiger partial charge < -0.3 is 33.6 Å². The number of carbonyl (C=O) groups is 2. The van der Waals surface area contributed by atoms with Gasteiger partial charge in [-0.1, -0.05) is 84.9 Å². The van der Waals surface area contributed by atoms with E-state index in [-0.39, 0.29) is 23.7 Å². The highest BCUT2D eigenvalue weighted by atomic mass is 16.2. The van der Waals surface area contributed by atoms with Crippen LogP contribution in [0.25, 0.3) is 0 Å². The third-order valence-corrected chi connectivity index (χ3v) is 6.96. The normalized spacial score (nSPS) is 12.7. The van der Waals surface area contributed by atoms with E-state index in [0.717, 1.165) is 16.7 Å². The van der Waals surface area contributed by atoms with Crippen molar-refractivity contribution in [3.63, 3.8) is 0 Å². The molecule has 0 saturated carbocycles. The van der Waals surface area contributed by atoms with Crippen molar-refractivity contribution in [1.29, 1.82) is 0 Å². The quantitative estimate of drug-likeness (QED) is 0.0844. The first kappa shape index (κ1) is 32.6. The lowest BCUT2D eigenvalue weighted by Crippen LogP contribution is -2.41. The highest BCUT2D eigenvalue weighted by Crippen LogP contribution is 2.30. The maximum absolute atomic E-state index is 13.8. The van der Waals surface area contributed by atoms with Gasteiger partial charge in [0.05, 0.1) is 23.5 Å². The number of rotatable bonds is 11. The summed E-state index contributed by atoms with van der Waals surface area (Å²) in [4.78, 5) is 27.5. The lowest BCUT2D eigenvalue weighted by atomic mass is 9.92. The maximum Gasteiger partial charge on any atom is 0.251 e. The molecule has 0 aliphatic rings. The number of benzene rings is 4. The fraction of sp³-hybridized carbons (Fsp3) is 0.118. The summed E-state index contributed by atoms with van der Waals surface area (Å²) in [7, 11) is 0. The van der Waals surface area contributed by atoms with Crippen molar-refractivity contribution >= 4 is 35.2 Å². The van der Waals surface area contributed by atoms with E-state index in [0.29, 0.717) is 28.1 Å². The third kappa shape index (κ3) is 8.86. The van der Waals surface area contributed by atoms with Crippen LogP contribution in [0.5, 0.6) is 0 Å². The Hall–Kier alpha value is -6.30. The molecule has 2 amide bonds. The van der Waals surface area contributed by atoms with Crippen molar-refractivity contribution in [1.82, 2.24) is 10.6 Å². The molecular weight excluding hydrogens is 580 g/mol. The minimum absolute atomic E-state index is 0.151. The Kier molecular flexibility index (Phi) is 10.9. The molecule has 4 aromatic carbocycles. The zero-order chi connectivity index (χ0) is 33.1. The Labute approximate surface area is 267 Å². The van der Waals surface area contributed by atoms with Crippen LogP contribution in [0.1, 0.15) is 68.9 Å². The van der Waals surface area contributed by atoms with Crippen molar-refractivity contribution in [3.05, 3.63) is 143 Å². The van der Waals surface area contributed by atoms with Gasteiger partial charge in [0, 0.05) is 11.1 Å². The van der Waals surface area contributed by atoms with Crippen LogP contribution in [0.2, 0.25) is 0 Å². The second kappa shape index (κ2) is 15.4. The summed E-state index contributed by atoms with van der Waals surface area (Å²) in [5.74, 6) is -0.999. The lowest BCUT2D eigenvalue weighted by molar-refractivity contribution is 0.0881. The lowest BCUT2D eigenvalue weighted by Gasteiger charge is -2.30. The van der Waals surface area contributed by atoms with Gasteiger partial charge in [-0.15, -0.1) is 10.2 Å². The second-order valence-electron chi connectivity index (χ2n) is 10.3. The van der Waals surface area contributed by atoms with Crippen LogP contribution in [0.4, 0.5) is 0 Å². The fourth-order valence-corrected chi connectivity index (χ4v) is 4.62. The SMILES string of the molecule is C/C(=N\N=C(N)N)c1ccc(C(=O)NC(c2ccccc2)[C@H](NC(=O)c2cccc(/C(C)=N/N=C(N)N)c2)c2ccccc2)cc1. The largest absolute Gasteiger partial charge is 0.369 e. The first-order valence-corrected chi connectivity index (χ1v) is 14.3. The van der Waals surface area contributed by atoms with Crippen LogP contribution in [-0.4, -0.2) is 35.2 Å². The van der Waals surface area contributed by atoms with E-state index in [9.17, 15) is 9.59 Å². The molecule has 0 aliphatic carbocycles. The van der Waals surface area contributed by atoms with Crippen LogP contribution in [-0.2, 0) is 0 Å². The van der Waals surface area contributed by atoms with Crippen LogP contribution >= 0.6 is 0 Å². The van der Waals surface area contributed by atoms with Gasteiger partial charge in [0.15, 0.2) is 0 Å². The second-order valence-corrected chi connectivity index (χ2v) is 10.3. The number of amides is 2. The smallest absolute Gasteiger partial charge is 0.251 e. The number of nitrogens with two attached hydrogens (primary N) is 4. The standard InChI is InChI=1S/C34H36N10O2/c1-21(41-43-33(35)36)23-16-18-26(19-17-23)31(45)39-29(24-10-5-3-6-11-24)30(25-12-7-4-8-13-25)40-32(46)28-15-9-14-27(20-28)22(2)42-44-34(37)38/h3-20,29-30H,1-2H3,(H,39,45)(H,40,46)(H4,35,36,43)(H4,37,38,44)/b41-21+,42-22+/t29?,30-/m1/s1. The molecule has 2 atom stereocenters. The van der Waals surface area contributed by atoms with Gasteiger partial charge in [-0.25, -0.2) is 0 Å². The molecule has 12 nitrogen and oxygen atoms in total. The van der Waals surface area contributed by atoms with Gasteiger partial charge in [-0.3, -0.25) is 9.59 Å². The van der Waals surface area contributed by atoms with E-state index >= 15 is 0 Å². The van der Waals surface area contributed by atoms with Gasteiger partial charge in [0.25, 0.3) is 11.8 Å². The average Bonchev–Trinajstić information content (AvgIpc) is 3.08.